The summed E-state index contributed by atoms with van der Waals surface area (Å²) in [5, 5.41) is 6.05. The number of amides is 1. The van der Waals surface area contributed by atoms with Crippen molar-refractivity contribution < 1.29 is 9.53 Å². The average molecular weight is 461 g/mol. The number of methoxy groups -OCH3 is 1. The molecule has 0 saturated carbocycles. The summed E-state index contributed by atoms with van der Waals surface area (Å²) in [6, 6.07) is 3.73. The Morgan fingerprint density at radius 1 is 1.48 bits per heavy atom. The molecule has 8 heteroatoms. The predicted octanol–water partition coefficient (Wildman–Crippen LogP) is 1.88. The van der Waals surface area contributed by atoms with E-state index < -0.39 is 0 Å². The normalized spacial score (nSPS) is 17.2. The number of guanidine groups is 1. The van der Waals surface area contributed by atoms with E-state index in [4.69, 9.17) is 4.74 Å². The first kappa shape index (κ1) is 21.6. The van der Waals surface area contributed by atoms with Crippen LogP contribution in [0.2, 0.25) is 0 Å². The molecule has 1 unspecified atom stereocenters. The molecule has 25 heavy (non-hydrogen) atoms. The van der Waals surface area contributed by atoms with Crippen LogP contribution in [0.15, 0.2) is 23.3 Å². The van der Waals surface area contributed by atoms with Gasteiger partial charge in [-0.05, 0) is 25.0 Å². The number of aliphatic imine (C=N–C) groups is 1. The Kier molecular flexibility index (Phi) is 9.73. The number of carbonyl (C=O) groups is 1. The van der Waals surface area contributed by atoms with Crippen molar-refractivity contribution in [2.24, 2.45) is 10.9 Å². The topological polar surface area (TPSA) is 78.8 Å². The molecular weight excluding hydrogens is 433 g/mol. The lowest BCUT2D eigenvalue weighted by molar-refractivity contribution is -0.116. The van der Waals surface area contributed by atoms with Gasteiger partial charge in [0.25, 0.3) is 0 Å². The van der Waals surface area contributed by atoms with Gasteiger partial charge in [0.05, 0.1) is 6.61 Å². The molecule has 140 valence electrons. The zero-order valence-corrected chi connectivity index (χ0v) is 17.4. The summed E-state index contributed by atoms with van der Waals surface area (Å²) in [6.45, 7) is 5.18. The second-order valence-electron chi connectivity index (χ2n) is 6.05. The van der Waals surface area contributed by atoms with Crippen LogP contribution in [0.1, 0.15) is 18.4 Å². The first-order chi connectivity index (χ1) is 11.6. The molecule has 1 aliphatic heterocycles. The van der Waals surface area contributed by atoms with Gasteiger partial charge in [-0.15, -0.1) is 24.0 Å². The highest BCUT2D eigenvalue weighted by Gasteiger charge is 2.24. The third kappa shape index (κ3) is 7.15. The van der Waals surface area contributed by atoms with Gasteiger partial charge in [0.1, 0.15) is 5.82 Å². The number of rotatable bonds is 6. The Balaban J connectivity index is 0.00000312. The van der Waals surface area contributed by atoms with Crippen LogP contribution in [0, 0.1) is 12.8 Å². The number of aromatic nitrogens is 1. The van der Waals surface area contributed by atoms with Crippen molar-refractivity contribution in [2.45, 2.75) is 19.8 Å². The summed E-state index contributed by atoms with van der Waals surface area (Å²) in [5.74, 6) is 1.91. The highest BCUT2D eigenvalue weighted by molar-refractivity contribution is 14.0. The SMILES string of the molecule is CN=C(NCCC(=O)Nc1ccc(C)cn1)N1CCC(COC)C1.I. The van der Waals surface area contributed by atoms with E-state index in [0.717, 1.165) is 37.6 Å². The number of hydrogen-bond donors (Lipinski definition) is 2. The first-order valence-electron chi connectivity index (χ1n) is 8.29. The quantitative estimate of drug-likeness (QED) is 0.385. The number of carbonyl (C=O) groups excluding carboxylic acids is 1. The molecule has 1 saturated heterocycles. The first-order valence-corrected chi connectivity index (χ1v) is 8.29. The van der Waals surface area contributed by atoms with Gasteiger partial charge in [0, 0.05) is 52.3 Å². The molecule has 2 rings (SSSR count). The Morgan fingerprint density at radius 3 is 2.92 bits per heavy atom. The van der Waals surface area contributed by atoms with Crippen molar-refractivity contribution in [1.29, 1.82) is 0 Å². The lowest BCUT2D eigenvalue weighted by Gasteiger charge is -2.21. The van der Waals surface area contributed by atoms with Crippen LogP contribution < -0.4 is 10.6 Å². The van der Waals surface area contributed by atoms with E-state index in [1.807, 2.05) is 13.0 Å². The Labute approximate surface area is 166 Å². The number of pyridine rings is 1. The number of ether oxygens (including phenoxy) is 1. The molecule has 1 aromatic rings. The van der Waals surface area contributed by atoms with Crippen molar-refractivity contribution in [1.82, 2.24) is 15.2 Å². The summed E-state index contributed by atoms with van der Waals surface area (Å²) < 4.78 is 5.22. The van der Waals surface area contributed by atoms with Crippen molar-refractivity contribution in [2.75, 3.05) is 45.7 Å². The third-order valence-electron chi connectivity index (χ3n) is 4.01. The molecule has 1 aromatic heterocycles. The van der Waals surface area contributed by atoms with Crippen molar-refractivity contribution in [3.63, 3.8) is 0 Å². The third-order valence-corrected chi connectivity index (χ3v) is 4.01. The Hall–Kier alpha value is -1.42. The monoisotopic (exact) mass is 461 g/mol. The van der Waals surface area contributed by atoms with Crippen molar-refractivity contribution in [3.05, 3.63) is 23.9 Å². The van der Waals surface area contributed by atoms with Crippen LogP contribution in [0.4, 0.5) is 5.82 Å². The number of nitrogens with zero attached hydrogens (tertiary/aromatic N) is 3. The number of hydrogen-bond acceptors (Lipinski definition) is 4. The number of halogens is 1. The fourth-order valence-corrected chi connectivity index (χ4v) is 2.76. The van der Waals surface area contributed by atoms with Gasteiger partial charge in [-0.3, -0.25) is 9.79 Å². The standard InChI is InChI=1S/C17H27N5O2.HI/c1-13-4-5-15(20-10-13)21-16(23)6-8-19-17(18-2)22-9-7-14(11-22)12-24-3;/h4-5,10,14H,6-9,11-12H2,1-3H3,(H,18,19)(H,20,21,23);1H. The van der Waals surface area contributed by atoms with Crippen molar-refractivity contribution >= 4 is 41.7 Å². The fourth-order valence-electron chi connectivity index (χ4n) is 2.76. The molecule has 0 radical (unpaired) electrons. The molecule has 0 bridgehead atoms. The van der Waals surface area contributed by atoms with Crippen LogP contribution in [0.25, 0.3) is 0 Å². The van der Waals surface area contributed by atoms with Crippen LogP contribution >= 0.6 is 24.0 Å². The molecule has 0 spiro atoms. The maximum Gasteiger partial charge on any atom is 0.227 e. The second-order valence-corrected chi connectivity index (χ2v) is 6.05. The molecule has 0 aromatic carbocycles. The van der Waals surface area contributed by atoms with Crippen LogP contribution in [0.3, 0.4) is 0 Å². The minimum Gasteiger partial charge on any atom is -0.384 e. The zero-order chi connectivity index (χ0) is 17.4. The smallest absolute Gasteiger partial charge is 0.227 e. The average Bonchev–Trinajstić information content (AvgIpc) is 3.02. The van der Waals surface area contributed by atoms with Gasteiger partial charge >= 0.3 is 0 Å². The molecule has 1 fully saturated rings. The predicted molar refractivity (Wildman–Crippen MR) is 111 cm³/mol. The van der Waals surface area contributed by atoms with E-state index in [1.165, 1.54) is 0 Å². The molecule has 0 aliphatic carbocycles. The number of likely N-dealkylation sites (tertiary alicyclic amines) is 1. The van der Waals surface area contributed by atoms with Gasteiger partial charge in [0.2, 0.25) is 5.91 Å². The maximum atomic E-state index is 12.0. The molecule has 7 nitrogen and oxygen atoms in total. The molecule has 2 heterocycles. The van der Waals surface area contributed by atoms with E-state index in [9.17, 15) is 4.79 Å². The highest BCUT2D eigenvalue weighted by Crippen LogP contribution is 2.16. The van der Waals surface area contributed by atoms with Crippen LogP contribution in [-0.4, -0.2) is 62.1 Å². The van der Waals surface area contributed by atoms with Crippen LogP contribution in [0.5, 0.6) is 0 Å². The lowest BCUT2D eigenvalue weighted by Crippen LogP contribution is -2.41. The zero-order valence-electron chi connectivity index (χ0n) is 15.1. The highest BCUT2D eigenvalue weighted by atomic mass is 127. The largest absolute Gasteiger partial charge is 0.384 e. The van der Waals surface area contributed by atoms with E-state index in [2.05, 4.69) is 25.5 Å². The molecule has 2 N–H and O–H groups in total. The Bertz CT molecular complexity index is 565. The summed E-state index contributed by atoms with van der Waals surface area (Å²) in [6.07, 6.45) is 3.21. The number of anilines is 1. The lowest BCUT2D eigenvalue weighted by atomic mass is 10.1. The molecule has 1 atom stereocenters. The van der Waals surface area contributed by atoms with Gasteiger partial charge < -0.3 is 20.3 Å². The summed E-state index contributed by atoms with van der Waals surface area (Å²) in [5.41, 5.74) is 1.07. The number of aryl methyl sites for hydroxylation is 1. The second kappa shape index (κ2) is 11.2. The molecule has 1 amide bonds. The van der Waals surface area contributed by atoms with Gasteiger partial charge in [-0.2, -0.15) is 0 Å². The Morgan fingerprint density at radius 2 is 2.28 bits per heavy atom. The van der Waals surface area contributed by atoms with Crippen molar-refractivity contribution in [3.8, 4) is 0 Å². The van der Waals surface area contributed by atoms with Gasteiger partial charge in [-0.25, -0.2) is 4.98 Å². The summed E-state index contributed by atoms with van der Waals surface area (Å²) in [4.78, 5) is 22.6. The fraction of sp³-hybridized carbons (Fsp3) is 0.588. The van der Waals surface area contributed by atoms with E-state index in [1.54, 1.807) is 26.4 Å². The van der Waals surface area contributed by atoms with E-state index >= 15 is 0 Å². The van der Waals surface area contributed by atoms with Gasteiger partial charge in [0.15, 0.2) is 5.96 Å². The minimum absolute atomic E-state index is 0. The van der Waals surface area contributed by atoms with E-state index in [-0.39, 0.29) is 29.9 Å². The summed E-state index contributed by atoms with van der Waals surface area (Å²) in [7, 11) is 3.50. The maximum absolute atomic E-state index is 12.0. The minimum atomic E-state index is -0.0620. The van der Waals surface area contributed by atoms with Crippen LogP contribution in [-0.2, 0) is 9.53 Å². The van der Waals surface area contributed by atoms with Gasteiger partial charge in [-0.1, -0.05) is 6.07 Å². The molecular formula is C17H28IN5O2. The molecule has 1 aliphatic rings. The van der Waals surface area contributed by atoms with E-state index in [0.29, 0.717) is 24.7 Å². The number of nitrogens with one attached hydrogen (secondary N) is 2. The summed E-state index contributed by atoms with van der Waals surface area (Å²) >= 11 is 0.